The van der Waals surface area contributed by atoms with E-state index in [-0.39, 0.29) is 0 Å². The summed E-state index contributed by atoms with van der Waals surface area (Å²) in [5, 5.41) is 3.83. The number of hydrogen-bond acceptors (Lipinski definition) is 6. The van der Waals surface area contributed by atoms with Gasteiger partial charge in [0.2, 0.25) is 0 Å². The molecule has 2 rings (SSSR count). The summed E-state index contributed by atoms with van der Waals surface area (Å²) in [6.07, 6.45) is 5.76. The van der Waals surface area contributed by atoms with E-state index in [4.69, 9.17) is 23.8 Å². The first-order valence-corrected chi connectivity index (χ1v) is 10.9. The maximum atomic E-state index is 6.03. The molecule has 0 aromatic heterocycles. The van der Waals surface area contributed by atoms with Crippen molar-refractivity contribution in [1.29, 1.82) is 0 Å². The Balaban J connectivity index is 1.71. The third kappa shape index (κ3) is 8.92. The van der Waals surface area contributed by atoms with Crippen LogP contribution in [0, 0.1) is 13.8 Å². The van der Waals surface area contributed by atoms with Crippen LogP contribution in [0.2, 0.25) is 0 Å². The van der Waals surface area contributed by atoms with Crippen LogP contribution in [0.25, 0.3) is 0 Å². The number of aryl methyl sites for hydroxylation is 2. The zero-order valence-electron chi connectivity index (χ0n) is 19.8. The summed E-state index contributed by atoms with van der Waals surface area (Å²) in [6, 6.07) is 11.6. The van der Waals surface area contributed by atoms with Crippen LogP contribution in [-0.4, -0.2) is 39.2 Å². The number of ether oxygens (including phenoxy) is 4. The van der Waals surface area contributed by atoms with Crippen molar-refractivity contribution < 1.29 is 23.8 Å². The van der Waals surface area contributed by atoms with E-state index in [9.17, 15) is 0 Å². The summed E-state index contributed by atoms with van der Waals surface area (Å²) in [7, 11) is 1.52. The molecule has 0 bridgehead atoms. The van der Waals surface area contributed by atoms with E-state index < -0.39 is 0 Å². The zero-order chi connectivity index (χ0) is 23.2. The molecule has 0 N–H and O–H groups in total. The number of allylic oxidation sites excluding steroid dienone is 1. The van der Waals surface area contributed by atoms with Gasteiger partial charge in [0.1, 0.15) is 43.3 Å². The monoisotopic (exact) mass is 441 g/mol. The molecule has 0 aliphatic rings. The predicted octanol–water partition coefficient (Wildman–Crippen LogP) is 5.90. The van der Waals surface area contributed by atoms with Gasteiger partial charge < -0.3 is 23.8 Å². The van der Waals surface area contributed by atoms with E-state index in [1.54, 1.807) is 0 Å². The molecule has 0 spiro atoms. The summed E-state index contributed by atoms with van der Waals surface area (Å²) in [5.41, 5.74) is 2.93. The molecule has 0 aliphatic carbocycles. The van der Waals surface area contributed by atoms with Gasteiger partial charge in [-0.25, -0.2) is 0 Å². The number of unbranched alkanes of at least 4 members (excludes halogenated alkanes) is 1. The van der Waals surface area contributed by atoms with Gasteiger partial charge in [-0.2, -0.15) is 0 Å². The average molecular weight is 442 g/mol. The van der Waals surface area contributed by atoms with Gasteiger partial charge in [-0.1, -0.05) is 23.4 Å². The molecule has 2 aromatic carbocycles. The van der Waals surface area contributed by atoms with E-state index in [2.05, 4.69) is 5.16 Å². The number of hydrogen-bond donors (Lipinski definition) is 0. The highest BCUT2D eigenvalue weighted by molar-refractivity contribution is 5.82. The number of oxime groups is 1. The second kappa shape index (κ2) is 14.0. The molecule has 0 heterocycles. The first kappa shape index (κ1) is 25.1. The molecule has 174 valence electrons. The number of benzene rings is 2. The topological polar surface area (TPSA) is 58.5 Å². The van der Waals surface area contributed by atoms with E-state index in [1.165, 1.54) is 7.11 Å². The standard InChI is InChI=1S/C26H35NO5/c1-6-7-13-30-25-16-20(2)26(21(3)17-25)31-15-9-8-14-29-23-11-10-12-24(18-23)32-19-22(4)27-28-5/h6-7,10-12,16-18H,8-9,13-15,19H2,1-5H3/b7-6+,27-22+. The van der Waals surface area contributed by atoms with Crippen molar-refractivity contribution in [2.75, 3.05) is 33.5 Å². The van der Waals surface area contributed by atoms with E-state index in [0.29, 0.717) is 26.4 Å². The maximum absolute atomic E-state index is 6.03. The highest BCUT2D eigenvalue weighted by Crippen LogP contribution is 2.28. The largest absolute Gasteiger partial charge is 0.493 e. The highest BCUT2D eigenvalue weighted by Gasteiger charge is 2.07. The lowest BCUT2D eigenvalue weighted by molar-refractivity contribution is 0.209. The van der Waals surface area contributed by atoms with Gasteiger partial charge in [0, 0.05) is 6.07 Å². The molecule has 0 fully saturated rings. The third-order valence-electron chi connectivity index (χ3n) is 4.57. The quantitative estimate of drug-likeness (QED) is 0.158. The van der Waals surface area contributed by atoms with Crippen LogP contribution in [0.3, 0.4) is 0 Å². The van der Waals surface area contributed by atoms with Gasteiger partial charge in [0.05, 0.1) is 18.9 Å². The minimum absolute atomic E-state index is 0.371. The molecule has 0 aliphatic heterocycles. The zero-order valence-corrected chi connectivity index (χ0v) is 19.8. The smallest absolute Gasteiger partial charge is 0.129 e. The fraction of sp³-hybridized carbons (Fsp3) is 0.423. The lowest BCUT2D eigenvalue weighted by Gasteiger charge is -2.14. The lowest BCUT2D eigenvalue weighted by atomic mass is 10.1. The van der Waals surface area contributed by atoms with Crippen LogP contribution in [0.5, 0.6) is 23.0 Å². The fourth-order valence-electron chi connectivity index (χ4n) is 3.05. The number of nitrogens with zero attached hydrogens (tertiary/aromatic N) is 1. The van der Waals surface area contributed by atoms with Crippen molar-refractivity contribution >= 4 is 5.71 Å². The fourth-order valence-corrected chi connectivity index (χ4v) is 3.05. The van der Waals surface area contributed by atoms with Gasteiger partial charge in [-0.3, -0.25) is 0 Å². The SMILES string of the molecule is C/C=C/COc1cc(C)c(OCCCCOc2cccc(OC/C(C)=N/OC)c2)c(C)c1. The second-order valence-corrected chi connectivity index (χ2v) is 7.44. The van der Waals surface area contributed by atoms with E-state index in [1.807, 2.05) is 76.2 Å². The molecule has 0 saturated carbocycles. The molecule has 0 atom stereocenters. The Bertz CT molecular complexity index is 869. The average Bonchev–Trinajstić information content (AvgIpc) is 2.77. The van der Waals surface area contributed by atoms with Gasteiger partial charge in [0.25, 0.3) is 0 Å². The van der Waals surface area contributed by atoms with Gasteiger partial charge in [-0.15, -0.1) is 0 Å². The lowest BCUT2D eigenvalue weighted by Crippen LogP contribution is -2.08. The predicted molar refractivity (Wildman–Crippen MR) is 129 cm³/mol. The van der Waals surface area contributed by atoms with Crippen LogP contribution in [-0.2, 0) is 4.84 Å². The second-order valence-electron chi connectivity index (χ2n) is 7.44. The van der Waals surface area contributed by atoms with Crippen LogP contribution < -0.4 is 18.9 Å². The van der Waals surface area contributed by atoms with E-state index in [0.717, 1.165) is 52.7 Å². The molecular formula is C26H35NO5. The first-order valence-electron chi connectivity index (χ1n) is 10.9. The molecule has 32 heavy (non-hydrogen) atoms. The molecule has 6 nitrogen and oxygen atoms in total. The normalized spacial score (nSPS) is 11.5. The molecule has 2 aromatic rings. The Labute approximate surface area is 191 Å². The minimum atomic E-state index is 0.371. The minimum Gasteiger partial charge on any atom is -0.493 e. The molecule has 6 heteroatoms. The summed E-state index contributed by atoms with van der Waals surface area (Å²) < 4.78 is 23.3. The van der Waals surface area contributed by atoms with Crippen molar-refractivity contribution in [2.45, 2.75) is 40.5 Å². The number of rotatable bonds is 14. The molecular weight excluding hydrogens is 406 g/mol. The first-order chi connectivity index (χ1) is 15.5. The Morgan fingerprint density at radius 2 is 1.53 bits per heavy atom. The molecule has 0 saturated heterocycles. The van der Waals surface area contributed by atoms with Gasteiger partial charge in [-0.05, 0) is 75.9 Å². The Morgan fingerprint density at radius 3 is 2.19 bits per heavy atom. The van der Waals surface area contributed by atoms with Crippen molar-refractivity contribution in [2.24, 2.45) is 5.16 Å². The molecule has 0 radical (unpaired) electrons. The van der Waals surface area contributed by atoms with E-state index >= 15 is 0 Å². The van der Waals surface area contributed by atoms with Crippen LogP contribution in [0.15, 0.2) is 53.7 Å². The third-order valence-corrected chi connectivity index (χ3v) is 4.57. The van der Waals surface area contributed by atoms with Crippen LogP contribution in [0.1, 0.15) is 37.8 Å². The Kier molecular flexibility index (Phi) is 11.0. The molecule has 0 unspecified atom stereocenters. The van der Waals surface area contributed by atoms with Crippen molar-refractivity contribution in [3.63, 3.8) is 0 Å². The summed E-state index contributed by atoms with van der Waals surface area (Å²) in [6.45, 7) is 10.1. The summed E-state index contributed by atoms with van der Waals surface area (Å²) >= 11 is 0. The summed E-state index contributed by atoms with van der Waals surface area (Å²) in [4.78, 5) is 4.73. The van der Waals surface area contributed by atoms with Crippen molar-refractivity contribution in [3.8, 4) is 23.0 Å². The molecule has 0 amide bonds. The highest BCUT2D eigenvalue weighted by atomic mass is 16.6. The maximum Gasteiger partial charge on any atom is 0.129 e. The van der Waals surface area contributed by atoms with Crippen molar-refractivity contribution in [3.05, 3.63) is 59.7 Å². The van der Waals surface area contributed by atoms with Gasteiger partial charge >= 0.3 is 0 Å². The van der Waals surface area contributed by atoms with Gasteiger partial charge in [0.15, 0.2) is 0 Å². The van der Waals surface area contributed by atoms with Crippen LogP contribution >= 0.6 is 0 Å². The summed E-state index contributed by atoms with van der Waals surface area (Å²) in [5.74, 6) is 3.32. The Morgan fingerprint density at radius 1 is 0.875 bits per heavy atom. The van der Waals surface area contributed by atoms with Crippen molar-refractivity contribution in [1.82, 2.24) is 0 Å². The Hall–Kier alpha value is -3.15. The van der Waals surface area contributed by atoms with Crippen LogP contribution in [0.4, 0.5) is 0 Å².